The first kappa shape index (κ1) is 9.92. The van der Waals surface area contributed by atoms with E-state index >= 15 is 0 Å². The molecule has 0 bridgehead atoms. The van der Waals surface area contributed by atoms with Crippen molar-refractivity contribution in [3.05, 3.63) is 29.6 Å². The zero-order valence-corrected chi connectivity index (χ0v) is 7.65. The number of halogens is 3. The summed E-state index contributed by atoms with van der Waals surface area (Å²) >= 11 is 5.56. The Morgan fingerprint density at radius 1 is 1.69 bits per heavy atom. The quantitative estimate of drug-likeness (QED) is 0.544. The Morgan fingerprint density at radius 3 is 2.69 bits per heavy atom. The Kier molecular flexibility index (Phi) is 2.83. The largest absolute Gasteiger partial charge is 0.244 e. The van der Waals surface area contributed by atoms with Gasteiger partial charge in [-0.3, -0.25) is 0 Å². The van der Waals surface area contributed by atoms with Crippen LogP contribution in [0.4, 0.5) is 14.6 Å². The van der Waals surface area contributed by atoms with Gasteiger partial charge in [-0.15, -0.1) is 4.48 Å². The van der Waals surface area contributed by atoms with Crippen LogP contribution in [0.1, 0.15) is 5.56 Å². The van der Waals surface area contributed by atoms with Crippen LogP contribution in [0.5, 0.6) is 0 Å². The molecule has 1 heterocycles. The molecule has 0 aliphatic carbocycles. The summed E-state index contributed by atoms with van der Waals surface area (Å²) in [5, 5.41) is 0.155. The van der Waals surface area contributed by atoms with E-state index in [-0.39, 0.29) is 21.5 Å². The maximum Gasteiger partial charge on any atom is 0.141 e. The topological polar surface area (TPSA) is 16.1 Å². The maximum absolute atomic E-state index is 12.8. The number of pyridine rings is 1. The summed E-state index contributed by atoms with van der Waals surface area (Å²) in [6.07, 6.45) is 1.29. The van der Waals surface area contributed by atoms with E-state index in [1.54, 1.807) is 0 Å². The summed E-state index contributed by atoms with van der Waals surface area (Å²) in [4.78, 5) is 3.61. The van der Waals surface area contributed by atoms with Gasteiger partial charge in [-0.25, -0.2) is 14.5 Å². The van der Waals surface area contributed by atoms with Gasteiger partial charge in [-0.05, 0) is 6.07 Å². The van der Waals surface area contributed by atoms with Crippen LogP contribution in [-0.2, 0) is 0 Å². The van der Waals surface area contributed by atoms with Crippen molar-refractivity contribution in [2.45, 2.75) is 0 Å². The fourth-order valence-electron chi connectivity index (χ4n) is 0.935. The zero-order chi connectivity index (χ0) is 10.0. The third-order valence-electron chi connectivity index (χ3n) is 1.49. The van der Waals surface area contributed by atoms with Crippen molar-refractivity contribution in [3.8, 4) is 0 Å². The van der Waals surface area contributed by atoms with Crippen LogP contribution in [0.15, 0.2) is 18.8 Å². The molecule has 0 saturated carbocycles. The number of rotatable bonds is 2. The highest BCUT2D eigenvalue weighted by molar-refractivity contribution is 6.31. The Labute approximate surface area is 79.4 Å². The molecule has 0 spiro atoms. The second-order valence-electron chi connectivity index (χ2n) is 2.38. The predicted molar refractivity (Wildman–Crippen MR) is 48.9 cm³/mol. The molecule has 1 aromatic heterocycles. The molecule has 5 heteroatoms. The number of aromatic nitrogens is 1. The monoisotopic (exact) mass is 204 g/mol. The molecule has 0 fully saturated rings. The summed E-state index contributed by atoms with van der Waals surface area (Å²) in [6, 6.07) is 1.31. The van der Waals surface area contributed by atoms with E-state index in [0.717, 1.165) is 7.05 Å². The molecule has 2 nitrogen and oxygen atoms in total. The molecule has 0 N–H and O–H groups in total. The minimum absolute atomic E-state index is 0.00694. The van der Waals surface area contributed by atoms with E-state index in [1.807, 2.05) is 0 Å². The van der Waals surface area contributed by atoms with Gasteiger partial charge >= 0.3 is 0 Å². The molecule has 13 heavy (non-hydrogen) atoms. The number of nitrogens with zero attached hydrogens (tertiary/aromatic N) is 2. The zero-order valence-electron chi connectivity index (χ0n) is 6.89. The van der Waals surface area contributed by atoms with E-state index in [1.165, 1.54) is 12.3 Å². The lowest BCUT2D eigenvalue weighted by Gasteiger charge is -2.11. The van der Waals surface area contributed by atoms with E-state index in [4.69, 9.17) is 11.6 Å². The second-order valence-corrected chi connectivity index (χ2v) is 2.74. The molecule has 1 aromatic rings. The first-order valence-corrected chi connectivity index (χ1v) is 3.80. The highest BCUT2D eigenvalue weighted by Gasteiger charge is 2.14. The van der Waals surface area contributed by atoms with Crippen molar-refractivity contribution in [2.24, 2.45) is 0 Å². The van der Waals surface area contributed by atoms with Crippen LogP contribution in [0.2, 0.25) is 5.15 Å². The molecule has 0 saturated heterocycles. The fourth-order valence-corrected chi connectivity index (χ4v) is 1.19. The minimum Gasteiger partial charge on any atom is -0.244 e. The van der Waals surface area contributed by atoms with E-state index in [2.05, 4.69) is 11.6 Å². The van der Waals surface area contributed by atoms with E-state index in [0.29, 0.717) is 0 Å². The number of hydrogen-bond acceptors (Lipinski definition) is 2. The van der Waals surface area contributed by atoms with Crippen LogP contribution in [0.3, 0.4) is 0 Å². The van der Waals surface area contributed by atoms with Crippen molar-refractivity contribution in [2.75, 3.05) is 12.2 Å². The van der Waals surface area contributed by atoms with Gasteiger partial charge in [0.05, 0.1) is 11.3 Å². The van der Waals surface area contributed by atoms with E-state index in [9.17, 15) is 8.87 Å². The Hall–Kier alpha value is -1.16. The van der Waals surface area contributed by atoms with Gasteiger partial charge in [0.1, 0.15) is 11.0 Å². The van der Waals surface area contributed by atoms with Crippen LogP contribution < -0.4 is 5.12 Å². The molecule has 0 unspecified atom stereocenters. The molecular weight excluding hydrogens is 198 g/mol. The lowest BCUT2D eigenvalue weighted by molar-refractivity contribution is 0.474. The van der Waals surface area contributed by atoms with Gasteiger partial charge in [0.2, 0.25) is 0 Å². The van der Waals surface area contributed by atoms with Gasteiger partial charge in [0.25, 0.3) is 0 Å². The maximum atomic E-state index is 12.8. The SMILES string of the molecule is C=C(F)c1c(N(C)F)ccnc1Cl. The van der Waals surface area contributed by atoms with Crippen molar-refractivity contribution in [3.63, 3.8) is 0 Å². The van der Waals surface area contributed by atoms with Crippen LogP contribution >= 0.6 is 11.6 Å². The van der Waals surface area contributed by atoms with Gasteiger partial charge < -0.3 is 0 Å². The Bertz CT molecular complexity index is 339. The first-order chi connectivity index (χ1) is 6.04. The lowest BCUT2D eigenvalue weighted by atomic mass is 10.2. The van der Waals surface area contributed by atoms with Crippen molar-refractivity contribution >= 4 is 23.1 Å². The van der Waals surface area contributed by atoms with E-state index < -0.39 is 5.83 Å². The molecule has 0 aliphatic rings. The summed E-state index contributed by atoms with van der Waals surface area (Å²) in [7, 11) is 1.14. The predicted octanol–water partition coefficient (Wildman–Crippen LogP) is 3.00. The average Bonchev–Trinajstić information content (AvgIpc) is 2.02. The van der Waals surface area contributed by atoms with Gasteiger partial charge in [-0.2, -0.15) is 0 Å². The second kappa shape index (κ2) is 3.70. The summed E-state index contributed by atoms with van der Waals surface area (Å²) < 4.78 is 25.6. The molecule has 0 radical (unpaired) electrons. The normalized spacial score (nSPS) is 9.85. The number of hydrogen-bond donors (Lipinski definition) is 0. The van der Waals surface area contributed by atoms with Crippen LogP contribution in [0, 0.1) is 0 Å². The Balaban J connectivity index is 3.34. The Morgan fingerprint density at radius 2 is 2.31 bits per heavy atom. The highest BCUT2D eigenvalue weighted by Crippen LogP contribution is 2.31. The smallest absolute Gasteiger partial charge is 0.141 e. The molecule has 0 aliphatic heterocycles. The van der Waals surface area contributed by atoms with Crippen molar-refractivity contribution in [1.82, 2.24) is 4.98 Å². The average molecular weight is 205 g/mol. The fraction of sp³-hybridized carbons (Fsp3) is 0.125. The molecule has 0 atom stereocenters. The lowest BCUT2D eigenvalue weighted by Crippen LogP contribution is -2.05. The van der Waals surface area contributed by atoms with Gasteiger partial charge in [0.15, 0.2) is 0 Å². The van der Waals surface area contributed by atoms with Crippen molar-refractivity contribution in [1.29, 1.82) is 0 Å². The van der Waals surface area contributed by atoms with Crippen LogP contribution in [-0.4, -0.2) is 12.0 Å². The molecule has 0 amide bonds. The standard InChI is InChI=1S/C8H7ClF2N2/c1-5(10)7-6(13(2)11)3-4-12-8(7)9/h3-4H,1H2,2H3. The molecule has 1 rings (SSSR count). The van der Waals surface area contributed by atoms with Crippen LogP contribution in [0.25, 0.3) is 5.83 Å². The molecule has 70 valence electrons. The summed E-state index contributed by atoms with van der Waals surface area (Å²) in [6.45, 7) is 3.04. The minimum atomic E-state index is -0.808. The molecular formula is C8H7ClF2N2. The van der Waals surface area contributed by atoms with Crippen molar-refractivity contribution < 1.29 is 8.87 Å². The van der Waals surface area contributed by atoms with Gasteiger partial charge in [0, 0.05) is 13.2 Å². The summed E-state index contributed by atoms with van der Waals surface area (Å²) in [5.41, 5.74) is -0.110. The third-order valence-corrected chi connectivity index (χ3v) is 1.77. The first-order valence-electron chi connectivity index (χ1n) is 3.43. The highest BCUT2D eigenvalue weighted by atomic mass is 35.5. The molecule has 0 aromatic carbocycles. The number of anilines is 1. The van der Waals surface area contributed by atoms with Gasteiger partial charge in [-0.1, -0.05) is 18.2 Å². The third kappa shape index (κ3) is 1.95. The summed E-state index contributed by atoms with van der Waals surface area (Å²) in [5.74, 6) is -0.808.